The molecule has 0 unspecified atom stereocenters. The van der Waals surface area contributed by atoms with Crippen LogP contribution in [0.4, 0.5) is 5.82 Å². The van der Waals surface area contributed by atoms with Crippen LogP contribution in [0.2, 0.25) is 5.15 Å². The second-order valence-electron chi connectivity index (χ2n) is 9.17. The highest BCUT2D eigenvalue weighted by Crippen LogP contribution is 2.26. The van der Waals surface area contributed by atoms with Gasteiger partial charge in [0.2, 0.25) is 0 Å². The summed E-state index contributed by atoms with van der Waals surface area (Å²) in [6, 6.07) is 20.1. The first-order valence-electron chi connectivity index (χ1n) is 12.0. The first kappa shape index (κ1) is 25.5. The number of anilines is 1. The van der Waals surface area contributed by atoms with Gasteiger partial charge in [-0.1, -0.05) is 79.7 Å². The fourth-order valence-corrected chi connectivity index (χ4v) is 4.96. The molecule has 1 fully saturated rings. The van der Waals surface area contributed by atoms with Crippen molar-refractivity contribution in [2.75, 3.05) is 37.6 Å². The van der Waals surface area contributed by atoms with Crippen molar-refractivity contribution in [2.45, 2.75) is 31.3 Å². The van der Waals surface area contributed by atoms with E-state index in [0.717, 1.165) is 44.1 Å². The Morgan fingerprint density at radius 2 is 1.74 bits per heavy atom. The Labute approximate surface area is 217 Å². The Hall–Kier alpha value is -2.61. The summed E-state index contributed by atoms with van der Waals surface area (Å²) in [5.41, 5.74) is 3.06. The summed E-state index contributed by atoms with van der Waals surface area (Å²) >= 11 is 7.89. The van der Waals surface area contributed by atoms with Gasteiger partial charge < -0.3 is 10.2 Å². The van der Waals surface area contributed by atoms with E-state index < -0.39 is 0 Å². The van der Waals surface area contributed by atoms with Gasteiger partial charge in [0, 0.05) is 56.7 Å². The summed E-state index contributed by atoms with van der Waals surface area (Å²) in [6.45, 7) is 9.55. The van der Waals surface area contributed by atoms with Crippen molar-refractivity contribution in [1.82, 2.24) is 20.2 Å². The van der Waals surface area contributed by atoms with Gasteiger partial charge in [0.15, 0.2) is 5.16 Å². The number of nitrogens with one attached hydrogen (secondary N) is 1. The van der Waals surface area contributed by atoms with Crippen LogP contribution in [0.5, 0.6) is 0 Å². The van der Waals surface area contributed by atoms with Gasteiger partial charge in [0.05, 0.1) is 0 Å². The zero-order valence-electron chi connectivity index (χ0n) is 20.3. The lowest BCUT2D eigenvalue weighted by Crippen LogP contribution is -2.46. The van der Waals surface area contributed by atoms with Crippen molar-refractivity contribution in [3.8, 4) is 0 Å². The molecule has 3 aromatic rings. The zero-order chi connectivity index (χ0) is 24.6. The van der Waals surface area contributed by atoms with Crippen LogP contribution in [0.3, 0.4) is 0 Å². The van der Waals surface area contributed by atoms with Crippen molar-refractivity contribution in [1.29, 1.82) is 0 Å². The van der Waals surface area contributed by atoms with Crippen LogP contribution in [-0.2, 0) is 12.3 Å². The molecule has 1 aliphatic heterocycles. The third-order valence-corrected chi connectivity index (χ3v) is 6.95. The predicted octanol–water partition coefficient (Wildman–Crippen LogP) is 5.13. The average Bonchev–Trinajstić information content (AvgIpc) is 2.87. The molecule has 1 aliphatic rings. The average molecular weight is 510 g/mol. The summed E-state index contributed by atoms with van der Waals surface area (Å²) < 4.78 is 0. The summed E-state index contributed by atoms with van der Waals surface area (Å²) in [4.78, 5) is 26.3. The van der Waals surface area contributed by atoms with E-state index in [2.05, 4.69) is 64.3 Å². The minimum Gasteiger partial charge on any atom is -0.354 e. The minimum atomic E-state index is -0.0433. The molecule has 1 amide bonds. The number of hydrogen-bond acceptors (Lipinski definition) is 6. The molecule has 2 aromatic carbocycles. The molecule has 35 heavy (non-hydrogen) atoms. The standard InChI is InChI=1S/C27H32ClN5OS/c1-20(2)17-29-26(34)23-10-6-9-22(15-23)19-35-27-30-24(28)16-25(31-27)33-13-11-32(12-14-33)18-21-7-4-3-5-8-21/h3-10,15-16,20H,11-14,17-19H2,1-2H3,(H,29,34). The first-order chi connectivity index (χ1) is 17.0. The topological polar surface area (TPSA) is 61.4 Å². The lowest BCUT2D eigenvalue weighted by atomic mass is 10.1. The van der Waals surface area contributed by atoms with Crippen molar-refractivity contribution in [3.63, 3.8) is 0 Å². The Morgan fingerprint density at radius 1 is 1.00 bits per heavy atom. The van der Waals surface area contributed by atoms with Gasteiger partial charge in [0.25, 0.3) is 5.91 Å². The van der Waals surface area contributed by atoms with Crippen molar-refractivity contribution in [3.05, 3.63) is 82.5 Å². The maximum atomic E-state index is 12.4. The van der Waals surface area contributed by atoms with Crippen LogP contribution in [-0.4, -0.2) is 53.5 Å². The smallest absolute Gasteiger partial charge is 0.251 e. The molecule has 1 N–H and O–H groups in total. The first-order valence-corrected chi connectivity index (χ1v) is 13.4. The second-order valence-corrected chi connectivity index (χ2v) is 10.5. The fraction of sp³-hybridized carbons (Fsp3) is 0.370. The highest BCUT2D eigenvalue weighted by atomic mass is 35.5. The number of aromatic nitrogens is 2. The third kappa shape index (κ3) is 7.69. The lowest BCUT2D eigenvalue weighted by molar-refractivity contribution is 0.0949. The number of carbonyl (C=O) groups is 1. The van der Waals surface area contributed by atoms with Crippen molar-refractivity contribution < 1.29 is 4.79 Å². The molecule has 0 spiro atoms. The van der Waals surface area contributed by atoms with Crippen molar-refractivity contribution >= 4 is 35.1 Å². The number of nitrogens with zero attached hydrogens (tertiary/aromatic N) is 4. The molecule has 8 heteroatoms. The molecule has 184 valence electrons. The van der Waals surface area contributed by atoms with E-state index >= 15 is 0 Å². The molecule has 1 saturated heterocycles. The van der Waals surface area contributed by atoms with Gasteiger partial charge >= 0.3 is 0 Å². The molecular weight excluding hydrogens is 478 g/mol. The van der Waals surface area contributed by atoms with Gasteiger partial charge in [0.1, 0.15) is 11.0 Å². The number of halogens is 1. The summed E-state index contributed by atoms with van der Waals surface area (Å²) in [5, 5.41) is 4.07. The highest BCUT2D eigenvalue weighted by Gasteiger charge is 2.19. The number of hydrogen-bond donors (Lipinski definition) is 1. The molecule has 2 heterocycles. The third-order valence-electron chi connectivity index (χ3n) is 5.83. The number of amides is 1. The molecule has 0 aliphatic carbocycles. The number of thioether (sulfide) groups is 1. The minimum absolute atomic E-state index is 0.0433. The number of rotatable bonds is 9. The highest BCUT2D eigenvalue weighted by molar-refractivity contribution is 7.98. The molecule has 1 aromatic heterocycles. The van der Waals surface area contributed by atoms with E-state index in [-0.39, 0.29) is 5.91 Å². The van der Waals surface area contributed by atoms with E-state index in [4.69, 9.17) is 16.6 Å². The molecule has 4 rings (SSSR count). The van der Waals surface area contributed by atoms with Crippen LogP contribution in [0.1, 0.15) is 35.3 Å². The van der Waals surface area contributed by atoms with Gasteiger partial charge in [-0.15, -0.1) is 0 Å². The maximum absolute atomic E-state index is 12.4. The Kier molecular flexibility index (Phi) is 9.01. The SMILES string of the molecule is CC(C)CNC(=O)c1cccc(CSc2nc(Cl)cc(N3CCN(Cc4ccccc4)CC3)n2)c1. The zero-order valence-corrected chi connectivity index (χ0v) is 21.9. The van der Waals surface area contributed by atoms with E-state index in [1.54, 1.807) is 0 Å². The van der Waals surface area contributed by atoms with Crippen LogP contribution >= 0.6 is 23.4 Å². The van der Waals surface area contributed by atoms with Crippen LogP contribution in [0.15, 0.2) is 65.8 Å². The predicted molar refractivity (Wildman–Crippen MR) is 144 cm³/mol. The molecule has 0 saturated carbocycles. The molecule has 0 atom stereocenters. The maximum Gasteiger partial charge on any atom is 0.251 e. The normalized spacial score (nSPS) is 14.3. The van der Waals surface area contributed by atoms with Crippen molar-refractivity contribution in [2.24, 2.45) is 5.92 Å². The summed E-state index contributed by atoms with van der Waals surface area (Å²) in [7, 11) is 0. The van der Waals surface area contributed by atoms with Gasteiger partial charge in [-0.05, 0) is 29.2 Å². The number of carbonyl (C=O) groups excluding carboxylic acids is 1. The monoisotopic (exact) mass is 509 g/mol. The van der Waals surface area contributed by atoms with E-state index in [1.807, 2.05) is 30.3 Å². The Morgan fingerprint density at radius 3 is 2.49 bits per heavy atom. The second kappa shape index (κ2) is 12.4. The summed E-state index contributed by atoms with van der Waals surface area (Å²) in [5.74, 6) is 1.90. The van der Waals surface area contributed by atoms with E-state index in [9.17, 15) is 4.79 Å². The Balaban J connectivity index is 1.34. The molecule has 0 bridgehead atoms. The lowest BCUT2D eigenvalue weighted by Gasteiger charge is -2.35. The molecular formula is C27H32ClN5OS. The van der Waals surface area contributed by atoms with Crippen LogP contribution in [0, 0.1) is 5.92 Å². The number of benzene rings is 2. The van der Waals surface area contributed by atoms with E-state index in [1.165, 1.54) is 17.3 Å². The van der Waals surface area contributed by atoms with Crippen LogP contribution in [0.25, 0.3) is 0 Å². The fourth-order valence-electron chi connectivity index (χ4n) is 3.94. The van der Waals surface area contributed by atoms with Gasteiger partial charge in [-0.2, -0.15) is 0 Å². The summed E-state index contributed by atoms with van der Waals surface area (Å²) in [6.07, 6.45) is 0. The quantitative estimate of drug-likeness (QED) is 0.245. The van der Waals surface area contributed by atoms with Crippen LogP contribution < -0.4 is 10.2 Å². The van der Waals surface area contributed by atoms with E-state index in [0.29, 0.717) is 34.1 Å². The Bertz CT molecular complexity index is 1120. The van der Waals surface area contributed by atoms with Gasteiger partial charge in [-0.3, -0.25) is 9.69 Å². The molecule has 0 radical (unpaired) electrons. The largest absolute Gasteiger partial charge is 0.354 e. The van der Waals surface area contributed by atoms with Gasteiger partial charge in [-0.25, -0.2) is 9.97 Å². The molecule has 6 nitrogen and oxygen atoms in total. The number of piperazine rings is 1.